The summed E-state index contributed by atoms with van der Waals surface area (Å²) in [5.74, 6) is -0.936. The second-order valence-corrected chi connectivity index (χ2v) is 3.70. The lowest BCUT2D eigenvalue weighted by atomic mass is 10.0. The number of barbiturate groups is 1. The van der Waals surface area contributed by atoms with Crippen molar-refractivity contribution in [2.75, 3.05) is 0 Å². The van der Waals surface area contributed by atoms with Crippen molar-refractivity contribution < 1.29 is 14.4 Å². The molecule has 0 spiro atoms. The maximum absolute atomic E-state index is 11.5. The number of nitrogens with one attached hydrogen (secondary N) is 1. The molecule has 0 aromatic carbocycles. The summed E-state index contributed by atoms with van der Waals surface area (Å²) < 4.78 is 0. The first-order valence-electron chi connectivity index (χ1n) is 5.04. The van der Waals surface area contributed by atoms with Gasteiger partial charge in [-0.2, -0.15) is 0 Å². The normalized spacial score (nSPS) is 22.5. The van der Waals surface area contributed by atoms with E-state index in [0.29, 0.717) is 0 Å². The lowest BCUT2D eigenvalue weighted by molar-refractivity contribution is -0.135. The van der Waals surface area contributed by atoms with E-state index in [-0.39, 0.29) is 6.42 Å². The molecule has 5 heteroatoms. The van der Waals surface area contributed by atoms with Crippen molar-refractivity contribution in [3.05, 3.63) is 11.8 Å². The number of allylic oxidation sites excluding steroid dienone is 2. The molecule has 1 fully saturated rings. The van der Waals surface area contributed by atoms with E-state index >= 15 is 0 Å². The summed E-state index contributed by atoms with van der Waals surface area (Å²) in [6, 6.07) is -0.607. The Morgan fingerprint density at radius 3 is 2.60 bits per heavy atom. The van der Waals surface area contributed by atoms with Gasteiger partial charge in [-0.15, -0.1) is 0 Å². The molecule has 4 amide bonds. The van der Waals surface area contributed by atoms with Crippen LogP contribution in [0.25, 0.3) is 0 Å². The zero-order valence-electron chi connectivity index (χ0n) is 8.28. The molecular weight excluding hydrogens is 196 g/mol. The van der Waals surface area contributed by atoms with Gasteiger partial charge in [0.2, 0.25) is 11.8 Å². The molecule has 1 aliphatic heterocycles. The summed E-state index contributed by atoms with van der Waals surface area (Å²) in [5, 5.41) is 2.14. The van der Waals surface area contributed by atoms with Gasteiger partial charge in [-0.3, -0.25) is 14.9 Å². The number of imide groups is 2. The Bertz CT molecular complexity index is 340. The zero-order valence-corrected chi connectivity index (χ0v) is 8.28. The molecule has 2 aliphatic rings. The Hall–Kier alpha value is -1.65. The Balaban J connectivity index is 2.20. The van der Waals surface area contributed by atoms with E-state index in [4.69, 9.17) is 0 Å². The van der Waals surface area contributed by atoms with E-state index in [1.165, 1.54) is 0 Å². The van der Waals surface area contributed by atoms with E-state index in [1.807, 2.05) is 6.08 Å². The van der Waals surface area contributed by atoms with E-state index in [1.54, 1.807) is 0 Å². The highest BCUT2D eigenvalue weighted by Gasteiger charge is 2.33. The van der Waals surface area contributed by atoms with Crippen LogP contribution < -0.4 is 5.32 Å². The molecule has 1 heterocycles. The van der Waals surface area contributed by atoms with Crippen molar-refractivity contribution in [1.82, 2.24) is 10.2 Å². The molecule has 1 N–H and O–H groups in total. The Morgan fingerprint density at radius 2 is 2.00 bits per heavy atom. The number of rotatable bonds is 1. The number of urea groups is 1. The van der Waals surface area contributed by atoms with Crippen LogP contribution >= 0.6 is 0 Å². The molecule has 15 heavy (non-hydrogen) atoms. The molecule has 1 aliphatic carbocycles. The fourth-order valence-corrected chi connectivity index (χ4v) is 1.86. The number of hydrogen-bond donors (Lipinski definition) is 1. The van der Waals surface area contributed by atoms with Crippen LogP contribution in [0, 0.1) is 0 Å². The minimum atomic E-state index is -0.607. The maximum Gasteiger partial charge on any atom is 0.335 e. The monoisotopic (exact) mass is 208 g/mol. The lowest BCUT2D eigenvalue weighted by Gasteiger charge is -2.28. The van der Waals surface area contributed by atoms with Gasteiger partial charge in [-0.25, -0.2) is 9.69 Å². The van der Waals surface area contributed by atoms with Crippen LogP contribution in [0.1, 0.15) is 32.1 Å². The predicted octanol–water partition coefficient (Wildman–Crippen LogP) is 0.913. The second kappa shape index (κ2) is 3.84. The molecule has 5 nitrogen and oxygen atoms in total. The van der Waals surface area contributed by atoms with Gasteiger partial charge >= 0.3 is 6.03 Å². The summed E-state index contributed by atoms with van der Waals surface area (Å²) in [6.45, 7) is 0. The number of carbonyl (C=O) groups is 3. The fraction of sp³-hybridized carbons (Fsp3) is 0.500. The molecule has 0 bridgehead atoms. The van der Waals surface area contributed by atoms with Gasteiger partial charge in [0, 0.05) is 5.70 Å². The number of hydrogen-bond acceptors (Lipinski definition) is 3. The first-order chi connectivity index (χ1) is 7.18. The van der Waals surface area contributed by atoms with Crippen LogP contribution in [0.3, 0.4) is 0 Å². The lowest BCUT2D eigenvalue weighted by Crippen LogP contribution is -2.52. The summed E-state index contributed by atoms with van der Waals surface area (Å²) in [4.78, 5) is 35.0. The van der Waals surface area contributed by atoms with Gasteiger partial charge in [0.15, 0.2) is 0 Å². The highest BCUT2D eigenvalue weighted by atomic mass is 16.2. The first kappa shape index (κ1) is 9.89. The van der Waals surface area contributed by atoms with Crippen LogP contribution in [0.15, 0.2) is 11.8 Å². The first-order valence-corrected chi connectivity index (χ1v) is 5.04. The molecule has 0 saturated carbocycles. The van der Waals surface area contributed by atoms with Gasteiger partial charge in [0.1, 0.15) is 6.42 Å². The largest absolute Gasteiger partial charge is 0.335 e. The van der Waals surface area contributed by atoms with Gasteiger partial charge in [0.25, 0.3) is 0 Å². The number of amides is 4. The second-order valence-electron chi connectivity index (χ2n) is 3.70. The van der Waals surface area contributed by atoms with Crippen molar-refractivity contribution in [3.8, 4) is 0 Å². The molecule has 0 aromatic rings. The van der Waals surface area contributed by atoms with Crippen molar-refractivity contribution in [3.63, 3.8) is 0 Å². The third-order valence-electron chi connectivity index (χ3n) is 2.56. The summed E-state index contributed by atoms with van der Waals surface area (Å²) in [7, 11) is 0. The molecule has 80 valence electrons. The van der Waals surface area contributed by atoms with Gasteiger partial charge in [0.05, 0.1) is 0 Å². The average molecular weight is 208 g/mol. The summed E-state index contributed by atoms with van der Waals surface area (Å²) >= 11 is 0. The predicted molar refractivity (Wildman–Crippen MR) is 51.6 cm³/mol. The Kier molecular flexibility index (Phi) is 2.53. The SMILES string of the molecule is O=C1CC(=O)N(C2=CCCCC2)C(=O)N1. The molecule has 2 rings (SSSR count). The molecule has 0 unspecified atom stereocenters. The molecule has 0 radical (unpaired) electrons. The third kappa shape index (κ3) is 1.91. The van der Waals surface area contributed by atoms with Crippen LogP contribution in [0.4, 0.5) is 4.79 Å². The van der Waals surface area contributed by atoms with Crippen molar-refractivity contribution in [1.29, 1.82) is 0 Å². The minimum Gasteiger partial charge on any atom is -0.277 e. The van der Waals surface area contributed by atoms with E-state index < -0.39 is 17.8 Å². The maximum atomic E-state index is 11.5. The quantitative estimate of drug-likeness (QED) is 0.651. The number of carbonyl (C=O) groups excluding carboxylic acids is 3. The topological polar surface area (TPSA) is 66.5 Å². The van der Waals surface area contributed by atoms with E-state index in [9.17, 15) is 14.4 Å². The van der Waals surface area contributed by atoms with E-state index in [0.717, 1.165) is 36.3 Å². The van der Waals surface area contributed by atoms with Gasteiger partial charge in [-0.05, 0) is 25.7 Å². The summed E-state index contributed by atoms with van der Waals surface area (Å²) in [5.41, 5.74) is 0.733. The van der Waals surface area contributed by atoms with Crippen molar-refractivity contribution in [2.24, 2.45) is 0 Å². The minimum absolute atomic E-state index is 0.233. The van der Waals surface area contributed by atoms with Gasteiger partial charge < -0.3 is 0 Å². The van der Waals surface area contributed by atoms with Crippen LogP contribution in [0.5, 0.6) is 0 Å². The fourth-order valence-electron chi connectivity index (χ4n) is 1.86. The van der Waals surface area contributed by atoms with Crippen molar-refractivity contribution in [2.45, 2.75) is 32.1 Å². The Morgan fingerprint density at radius 1 is 1.20 bits per heavy atom. The Labute approximate surface area is 87.1 Å². The molecular formula is C10H12N2O3. The molecule has 0 atom stereocenters. The molecule has 1 saturated heterocycles. The highest BCUT2D eigenvalue weighted by molar-refractivity contribution is 6.15. The molecule has 0 aromatic heterocycles. The third-order valence-corrected chi connectivity index (χ3v) is 2.56. The average Bonchev–Trinajstić information content (AvgIpc) is 2.17. The number of nitrogens with zero attached hydrogens (tertiary/aromatic N) is 1. The van der Waals surface area contributed by atoms with Gasteiger partial charge in [-0.1, -0.05) is 6.08 Å². The smallest absolute Gasteiger partial charge is 0.277 e. The van der Waals surface area contributed by atoms with Crippen LogP contribution in [-0.2, 0) is 9.59 Å². The standard InChI is InChI=1S/C10H12N2O3/c13-8-6-9(14)12(10(15)11-8)7-4-2-1-3-5-7/h4H,1-3,5-6H2,(H,11,13,15). The van der Waals surface area contributed by atoms with E-state index in [2.05, 4.69) is 5.32 Å². The van der Waals surface area contributed by atoms with Crippen LogP contribution in [0.2, 0.25) is 0 Å². The highest BCUT2D eigenvalue weighted by Crippen LogP contribution is 2.22. The van der Waals surface area contributed by atoms with Crippen LogP contribution in [-0.4, -0.2) is 22.7 Å². The summed E-state index contributed by atoms with van der Waals surface area (Å²) in [6.07, 6.45) is 5.36. The zero-order chi connectivity index (χ0) is 10.8. The van der Waals surface area contributed by atoms with Crippen molar-refractivity contribution >= 4 is 17.8 Å².